The van der Waals surface area contributed by atoms with E-state index in [1.54, 1.807) is 54.6 Å². The fraction of sp³-hybridized carbons (Fsp3) is 0.312. The number of nitrogens with zero attached hydrogens (tertiary/aromatic N) is 1. The van der Waals surface area contributed by atoms with Crippen molar-refractivity contribution < 1.29 is 17.6 Å². The number of urea groups is 1. The number of sulfone groups is 1. The van der Waals surface area contributed by atoms with Crippen molar-refractivity contribution in [2.24, 2.45) is 0 Å². The topological polar surface area (TPSA) is 79.6 Å². The molecule has 0 radical (unpaired) electrons. The third kappa shape index (κ3) is 4.35. The molecule has 2 amide bonds. The summed E-state index contributed by atoms with van der Waals surface area (Å²) in [4.78, 5) is 14.0. The molecular weight excluding hydrogens is 316 g/mol. The normalized spacial score (nSPS) is 12.7. The second kappa shape index (κ2) is 6.87. The summed E-state index contributed by atoms with van der Waals surface area (Å²) in [6.07, 6.45) is 2.72. The van der Waals surface area contributed by atoms with E-state index in [1.165, 1.54) is 6.26 Å². The number of nitrogens with one attached hydrogen (secondary N) is 1. The molecule has 1 atom stereocenters. The summed E-state index contributed by atoms with van der Waals surface area (Å²) in [5.74, 6) is 0.678. The lowest BCUT2D eigenvalue weighted by molar-refractivity contribution is 0.193. The van der Waals surface area contributed by atoms with E-state index in [4.69, 9.17) is 4.42 Å². The first-order valence-corrected chi connectivity index (χ1v) is 9.01. The van der Waals surface area contributed by atoms with Gasteiger partial charge in [0.05, 0.1) is 23.7 Å². The summed E-state index contributed by atoms with van der Waals surface area (Å²) < 4.78 is 28.1. The molecule has 2 aromatic rings. The summed E-state index contributed by atoms with van der Waals surface area (Å²) >= 11 is 0. The van der Waals surface area contributed by atoms with Crippen LogP contribution >= 0.6 is 0 Å². The molecule has 0 aliphatic rings. The molecule has 0 saturated heterocycles. The molecule has 6 nitrogen and oxygen atoms in total. The summed E-state index contributed by atoms with van der Waals surface area (Å²) in [6.45, 7) is 2.19. The Morgan fingerprint density at radius 2 is 1.91 bits per heavy atom. The van der Waals surface area contributed by atoms with Crippen molar-refractivity contribution in [3.05, 3.63) is 54.0 Å². The summed E-state index contributed by atoms with van der Waals surface area (Å²) in [5, 5.41) is 2.77. The van der Waals surface area contributed by atoms with Crippen molar-refractivity contribution >= 4 is 15.9 Å². The van der Waals surface area contributed by atoms with Gasteiger partial charge in [0.25, 0.3) is 0 Å². The Kier molecular flexibility index (Phi) is 5.10. The van der Waals surface area contributed by atoms with Crippen LogP contribution in [0, 0.1) is 0 Å². The van der Waals surface area contributed by atoms with Gasteiger partial charge in [-0.1, -0.05) is 12.1 Å². The van der Waals surface area contributed by atoms with Gasteiger partial charge in [-0.3, -0.25) is 0 Å². The highest BCUT2D eigenvalue weighted by Crippen LogP contribution is 2.20. The number of amides is 2. The highest BCUT2D eigenvalue weighted by atomic mass is 32.2. The molecule has 1 aromatic heterocycles. The molecule has 7 heteroatoms. The number of rotatable bonds is 5. The highest BCUT2D eigenvalue weighted by molar-refractivity contribution is 7.90. The van der Waals surface area contributed by atoms with Crippen molar-refractivity contribution in [1.29, 1.82) is 0 Å². The van der Waals surface area contributed by atoms with Gasteiger partial charge in [-0.15, -0.1) is 0 Å². The Morgan fingerprint density at radius 3 is 2.43 bits per heavy atom. The molecule has 1 N–H and O–H groups in total. The maximum Gasteiger partial charge on any atom is 0.318 e. The van der Waals surface area contributed by atoms with Crippen LogP contribution in [0.25, 0.3) is 0 Å². The average Bonchev–Trinajstić information content (AvgIpc) is 3.04. The Labute approximate surface area is 136 Å². The molecule has 1 unspecified atom stereocenters. The van der Waals surface area contributed by atoms with Crippen LogP contribution in [-0.2, 0) is 16.4 Å². The van der Waals surface area contributed by atoms with Crippen molar-refractivity contribution in [2.45, 2.75) is 24.4 Å². The zero-order valence-electron chi connectivity index (χ0n) is 13.3. The minimum atomic E-state index is -3.22. The Morgan fingerprint density at radius 1 is 1.26 bits per heavy atom. The van der Waals surface area contributed by atoms with Crippen LogP contribution in [0.3, 0.4) is 0 Å². The minimum absolute atomic E-state index is 0.194. The number of hydrogen-bond donors (Lipinski definition) is 1. The zero-order chi connectivity index (χ0) is 17.0. The monoisotopic (exact) mass is 336 g/mol. The first-order chi connectivity index (χ1) is 10.8. The van der Waals surface area contributed by atoms with Gasteiger partial charge >= 0.3 is 6.03 Å². The minimum Gasteiger partial charge on any atom is -0.467 e. The predicted molar refractivity (Wildman–Crippen MR) is 86.7 cm³/mol. The molecule has 124 valence electrons. The maximum absolute atomic E-state index is 12.2. The van der Waals surface area contributed by atoms with Crippen LogP contribution in [0.4, 0.5) is 4.79 Å². The number of benzene rings is 1. The summed E-state index contributed by atoms with van der Waals surface area (Å²) in [7, 11) is -1.53. The quantitative estimate of drug-likeness (QED) is 0.910. The van der Waals surface area contributed by atoms with E-state index in [0.717, 1.165) is 5.56 Å². The van der Waals surface area contributed by atoms with E-state index in [2.05, 4.69) is 5.32 Å². The first-order valence-electron chi connectivity index (χ1n) is 7.12. The number of carbonyl (C=O) groups excluding carboxylic acids is 1. The predicted octanol–water partition coefficient (Wildman–Crippen LogP) is 2.59. The third-order valence-electron chi connectivity index (χ3n) is 3.69. The second-order valence-electron chi connectivity index (χ2n) is 5.37. The SMILES string of the molecule is CC(c1ccc(S(C)(=O)=O)cc1)N(C)C(=O)NCc1ccco1. The number of furan rings is 1. The Balaban J connectivity index is 2.00. The molecule has 23 heavy (non-hydrogen) atoms. The van der Waals surface area contributed by atoms with E-state index >= 15 is 0 Å². The lowest BCUT2D eigenvalue weighted by Gasteiger charge is -2.25. The fourth-order valence-electron chi connectivity index (χ4n) is 2.09. The Bertz CT molecular complexity index is 752. The Hall–Kier alpha value is -2.28. The van der Waals surface area contributed by atoms with E-state index in [1.807, 2.05) is 6.92 Å². The van der Waals surface area contributed by atoms with Crippen LogP contribution in [0.15, 0.2) is 52.0 Å². The standard InChI is InChI=1S/C16H20N2O4S/c1-12(13-6-8-15(9-7-13)23(3,20)21)18(2)16(19)17-11-14-5-4-10-22-14/h4-10,12H,11H2,1-3H3,(H,17,19). The molecule has 0 bridgehead atoms. The summed E-state index contributed by atoms with van der Waals surface area (Å²) in [5.41, 5.74) is 0.855. The lowest BCUT2D eigenvalue weighted by Crippen LogP contribution is -2.38. The van der Waals surface area contributed by atoms with Gasteiger partial charge in [-0.25, -0.2) is 13.2 Å². The van der Waals surface area contributed by atoms with Crippen LogP contribution < -0.4 is 5.32 Å². The van der Waals surface area contributed by atoms with Gasteiger partial charge < -0.3 is 14.6 Å². The van der Waals surface area contributed by atoms with E-state index < -0.39 is 9.84 Å². The van der Waals surface area contributed by atoms with E-state index in [-0.39, 0.29) is 17.0 Å². The van der Waals surface area contributed by atoms with E-state index in [9.17, 15) is 13.2 Å². The van der Waals surface area contributed by atoms with Crippen molar-refractivity contribution in [2.75, 3.05) is 13.3 Å². The van der Waals surface area contributed by atoms with Gasteiger partial charge in [0.2, 0.25) is 0 Å². The molecule has 1 heterocycles. The van der Waals surface area contributed by atoms with Crippen molar-refractivity contribution in [1.82, 2.24) is 10.2 Å². The third-order valence-corrected chi connectivity index (χ3v) is 4.81. The van der Waals surface area contributed by atoms with Gasteiger partial charge in [-0.05, 0) is 36.8 Å². The van der Waals surface area contributed by atoms with Gasteiger partial charge in [-0.2, -0.15) is 0 Å². The molecule has 0 saturated carbocycles. The van der Waals surface area contributed by atoms with Crippen molar-refractivity contribution in [3.8, 4) is 0 Å². The van der Waals surface area contributed by atoms with Crippen molar-refractivity contribution in [3.63, 3.8) is 0 Å². The molecule has 0 spiro atoms. The highest BCUT2D eigenvalue weighted by Gasteiger charge is 2.18. The van der Waals surface area contributed by atoms with Crippen LogP contribution in [0.1, 0.15) is 24.3 Å². The molecule has 0 fully saturated rings. The smallest absolute Gasteiger partial charge is 0.318 e. The number of hydrogen-bond acceptors (Lipinski definition) is 4. The molecular formula is C16H20N2O4S. The van der Waals surface area contributed by atoms with Gasteiger partial charge in [0, 0.05) is 13.3 Å². The average molecular weight is 336 g/mol. The van der Waals surface area contributed by atoms with Crippen LogP contribution in [0.2, 0.25) is 0 Å². The van der Waals surface area contributed by atoms with Crippen LogP contribution in [-0.4, -0.2) is 32.7 Å². The molecule has 2 rings (SSSR count). The first kappa shape index (κ1) is 17.1. The summed E-state index contributed by atoms with van der Waals surface area (Å²) in [6, 6.07) is 9.66. The van der Waals surface area contributed by atoms with E-state index in [0.29, 0.717) is 12.3 Å². The van der Waals surface area contributed by atoms with Crippen LogP contribution in [0.5, 0.6) is 0 Å². The number of carbonyl (C=O) groups is 1. The largest absolute Gasteiger partial charge is 0.467 e. The zero-order valence-corrected chi connectivity index (χ0v) is 14.1. The van der Waals surface area contributed by atoms with Gasteiger partial charge in [0.1, 0.15) is 5.76 Å². The molecule has 1 aromatic carbocycles. The van der Waals surface area contributed by atoms with Gasteiger partial charge in [0.15, 0.2) is 9.84 Å². The molecule has 0 aliphatic heterocycles. The lowest BCUT2D eigenvalue weighted by atomic mass is 10.1. The molecule has 0 aliphatic carbocycles. The maximum atomic E-state index is 12.2. The second-order valence-corrected chi connectivity index (χ2v) is 7.38. The fourth-order valence-corrected chi connectivity index (χ4v) is 2.72.